The van der Waals surface area contributed by atoms with Crippen LogP contribution in [0, 0.1) is 5.92 Å². The van der Waals surface area contributed by atoms with Crippen molar-refractivity contribution < 1.29 is 14.3 Å². The van der Waals surface area contributed by atoms with Crippen LogP contribution in [0.4, 0.5) is 4.79 Å². The average Bonchev–Trinajstić information content (AvgIpc) is 2.82. The van der Waals surface area contributed by atoms with Crippen LogP contribution in [-0.2, 0) is 9.53 Å². The van der Waals surface area contributed by atoms with Gasteiger partial charge in [0.15, 0.2) is 0 Å². The second-order valence-corrected chi connectivity index (χ2v) is 7.50. The summed E-state index contributed by atoms with van der Waals surface area (Å²) >= 11 is 0. The first kappa shape index (κ1) is 13.7. The highest BCUT2D eigenvalue weighted by molar-refractivity contribution is 5.93. The first-order valence-corrected chi connectivity index (χ1v) is 7.61. The molecule has 5 heteroatoms. The molecule has 1 aliphatic heterocycles. The third kappa shape index (κ3) is 2.50. The van der Waals surface area contributed by atoms with Crippen LogP contribution in [0.1, 0.15) is 52.9 Å². The Hall–Kier alpha value is -1.26. The highest BCUT2D eigenvalue weighted by Crippen LogP contribution is 2.43. The molecule has 0 spiro atoms. The molecule has 0 radical (unpaired) electrons. The molecule has 1 saturated heterocycles. The quantitative estimate of drug-likeness (QED) is 0.842. The van der Waals surface area contributed by atoms with E-state index >= 15 is 0 Å². The summed E-state index contributed by atoms with van der Waals surface area (Å²) in [6.45, 7) is 6.36. The molecule has 2 amide bonds. The lowest BCUT2D eigenvalue weighted by Crippen LogP contribution is -2.53. The van der Waals surface area contributed by atoms with E-state index in [1.54, 1.807) is 0 Å². The van der Waals surface area contributed by atoms with E-state index in [9.17, 15) is 9.59 Å². The fraction of sp³-hybridized carbons (Fsp3) is 0.867. The molecular weight excluding hydrogens is 256 g/mol. The summed E-state index contributed by atoms with van der Waals surface area (Å²) in [4.78, 5) is 26.6. The molecule has 112 valence electrons. The Bertz CT molecular complexity index is 437. The van der Waals surface area contributed by atoms with Crippen molar-refractivity contribution in [3.8, 4) is 0 Å². The minimum absolute atomic E-state index is 0.107. The second kappa shape index (κ2) is 4.37. The Kier molecular flexibility index (Phi) is 2.99. The third-order valence-electron chi connectivity index (χ3n) is 4.57. The molecule has 2 aliphatic carbocycles. The number of carbonyl (C=O) groups excluding carboxylic acids is 2. The molecular formula is C15H24N2O3. The molecule has 2 atom stereocenters. The van der Waals surface area contributed by atoms with Crippen LogP contribution in [0.5, 0.6) is 0 Å². The Labute approximate surface area is 120 Å². The largest absolute Gasteiger partial charge is 0.444 e. The normalized spacial score (nSPS) is 30.2. The molecule has 3 rings (SSSR count). The second-order valence-electron chi connectivity index (χ2n) is 7.50. The van der Waals surface area contributed by atoms with E-state index < -0.39 is 17.2 Å². The van der Waals surface area contributed by atoms with Gasteiger partial charge in [-0.2, -0.15) is 0 Å². The monoisotopic (exact) mass is 280 g/mol. The van der Waals surface area contributed by atoms with Gasteiger partial charge in [0.2, 0.25) is 5.91 Å². The first-order valence-electron chi connectivity index (χ1n) is 7.61. The number of carbonyl (C=O) groups is 2. The number of nitrogens with one attached hydrogen (secondary N) is 1. The number of likely N-dealkylation sites (tertiary alicyclic amines) is 1. The average molecular weight is 280 g/mol. The maximum Gasteiger partial charge on any atom is 0.408 e. The van der Waals surface area contributed by atoms with Crippen LogP contribution >= 0.6 is 0 Å². The van der Waals surface area contributed by atoms with Gasteiger partial charge in [-0.3, -0.25) is 4.79 Å². The SMILES string of the molecule is CC(C)(C)OC(=O)NC1(C(=O)N2C[C@H]3CC[C@H]2C3)CC1. The zero-order valence-corrected chi connectivity index (χ0v) is 12.6. The molecule has 0 aromatic carbocycles. The number of ether oxygens (including phenoxy) is 1. The highest BCUT2D eigenvalue weighted by atomic mass is 16.6. The van der Waals surface area contributed by atoms with Gasteiger partial charge in [-0.05, 0) is 58.8 Å². The lowest BCUT2D eigenvalue weighted by atomic mass is 10.1. The van der Waals surface area contributed by atoms with Gasteiger partial charge < -0.3 is 15.0 Å². The van der Waals surface area contributed by atoms with E-state index in [0.717, 1.165) is 32.2 Å². The Morgan fingerprint density at radius 3 is 2.40 bits per heavy atom. The number of hydrogen-bond donors (Lipinski definition) is 1. The Morgan fingerprint density at radius 1 is 1.25 bits per heavy atom. The van der Waals surface area contributed by atoms with Crippen LogP contribution in [0.2, 0.25) is 0 Å². The number of alkyl carbamates (subject to hydrolysis) is 1. The number of fused-ring (bicyclic) bond motifs is 2. The standard InChI is InChI=1S/C15H24N2O3/c1-14(2,3)20-13(19)16-15(6-7-15)12(18)17-9-10-4-5-11(17)8-10/h10-11H,4-9H2,1-3H3,(H,16,19)/t10-,11-/m0/s1. The molecule has 2 bridgehead atoms. The van der Waals surface area contributed by atoms with Crippen molar-refractivity contribution >= 4 is 12.0 Å². The van der Waals surface area contributed by atoms with E-state index in [0.29, 0.717) is 12.0 Å². The maximum absolute atomic E-state index is 12.7. The summed E-state index contributed by atoms with van der Waals surface area (Å²) < 4.78 is 5.27. The number of hydrogen-bond acceptors (Lipinski definition) is 3. The summed E-state index contributed by atoms with van der Waals surface area (Å²) in [5.41, 5.74) is -1.21. The Morgan fingerprint density at radius 2 is 1.95 bits per heavy atom. The van der Waals surface area contributed by atoms with E-state index in [2.05, 4.69) is 5.32 Å². The Balaban J connectivity index is 1.61. The van der Waals surface area contributed by atoms with Crippen LogP contribution < -0.4 is 5.32 Å². The van der Waals surface area contributed by atoms with Crippen molar-refractivity contribution in [1.82, 2.24) is 10.2 Å². The molecule has 2 saturated carbocycles. The van der Waals surface area contributed by atoms with E-state index in [1.165, 1.54) is 6.42 Å². The lowest BCUT2D eigenvalue weighted by molar-refractivity contribution is -0.136. The molecule has 20 heavy (non-hydrogen) atoms. The van der Waals surface area contributed by atoms with Crippen LogP contribution in [-0.4, -0.2) is 40.6 Å². The van der Waals surface area contributed by atoms with Crippen molar-refractivity contribution in [2.24, 2.45) is 5.92 Å². The fourth-order valence-electron chi connectivity index (χ4n) is 3.46. The topological polar surface area (TPSA) is 58.6 Å². The summed E-state index contributed by atoms with van der Waals surface area (Å²) in [5.74, 6) is 0.789. The van der Waals surface area contributed by atoms with Gasteiger partial charge in [-0.15, -0.1) is 0 Å². The predicted molar refractivity (Wildman–Crippen MR) is 74.2 cm³/mol. The van der Waals surface area contributed by atoms with Crippen LogP contribution in [0.15, 0.2) is 0 Å². The zero-order chi connectivity index (χ0) is 14.5. The number of amides is 2. The van der Waals surface area contributed by atoms with Crippen molar-refractivity contribution in [3.63, 3.8) is 0 Å². The summed E-state index contributed by atoms with van der Waals surface area (Å²) in [7, 11) is 0. The van der Waals surface area contributed by atoms with E-state index in [1.807, 2.05) is 25.7 Å². The summed E-state index contributed by atoms with van der Waals surface area (Å²) in [5, 5.41) is 2.81. The summed E-state index contributed by atoms with van der Waals surface area (Å²) in [6, 6.07) is 0.408. The zero-order valence-electron chi connectivity index (χ0n) is 12.6. The number of piperidine rings is 1. The molecule has 0 unspecified atom stereocenters. The molecule has 1 heterocycles. The van der Waals surface area contributed by atoms with Gasteiger partial charge in [-0.25, -0.2) is 4.79 Å². The van der Waals surface area contributed by atoms with Crippen LogP contribution in [0.3, 0.4) is 0 Å². The van der Waals surface area contributed by atoms with Gasteiger partial charge in [-0.1, -0.05) is 0 Å². The van der Waals surface area contributed by atoms with E-state index in [-0.39, 0.29) is 5.91 Å². The van der Waals surface area contributed by atoms with Gasteiger partial charge >= 0.3 is 6.09 Å². The van der Waals surface area contributed by atoms with Gasteiger partial charge in [0, 0.05) is 12.6 Å². The molecule has 5 nitrogen and oxygen atoms in total. The predicted octanol–water partition coefficient (Wildman–Crippen LogP) is 2.05. The fourth-order valence-corrected chi connectivity index (χ4v) is 3.46. The van der Waals surface area contributed by atoms with E-state index in [4.69, 9.17) is 4.74 Å². The first-order chi connectivity index (χ1) is 9.29. The summed E-state index contributed by atoms with van der Waals surface area (Å²) in [6.07, 6.45) is 4.51. The van der Waals surface area contributed by atoms with Crippen molar-refractivity contribution in [1.29, 1.82) is 0 Å². The minimum Gasteiger partial charge on any atom is -0.444 e. The molecule has 1 N–H and O–H groups in total. The van der Waals surface area contributed by atoms with Gasteiger partial charge in [0.05, 0.1) is 0 Å². The van der Waals surface area contributed by atoms with Crippen molar-refractivity contribution in [3.05, 3.63) is 0 Å². The third-order valence-corrected chi connectivity index (χ3v) is 4.57. The number of rotatable bonds is 2. The van der Waals surface area contributed by atoms with Crippen molar-refractivity contribution in [2.45, 2.75) is 70.1 Å². The molecule has 0 aromatic rings. The van der Waals surface area contributed by atoms with Gasteiger partial charge in [0.1, 0.15) is 11.1 Å². The van der Waals surface area contributed by atoms with Crippen LogP contribution in [0.25, 0.3) is 0 Å². The molecule has 0 aromatic heterocycles. The molecule has 3 fully saturated rings. The van der Waals surface area contributed by atoms with Crippen molar-refractivity contribution in [2.75, 3.05) is 6.54 Å². The smallest absolute Gasteiger partial charge is 0.408 e. The lowest BCUT2D eigenvalue weighted by Gasteiger charge is -2.31. The maximum atomic E-state index is 12.7. The minimum atomic E-state index is -0.674. The number of nitrogens with zero attached hydrogens (tertiary/aromatic N) is 1. The highest BCUT2D eigenvalue weighted by Gasteiger charge is 2.56. The molecule has 3 aliphatic rings. The van der Waals surface area contributed by atoms with Gasteiger partial charge in [0.25, 0.3) is 0 Å².